The predicted octanol–water partition coefficient (Wildman–Crippen LogP) is 3.37. The SMILES string of the molecule is CC1C=C(C(F)(F)F)C=C(F)C1. The van der Waals surface area contributed by atoms with E-state index in [0.717, 1.165) is 6.08 Å². The number of rotatable bonds is 0. The monoisotopic (exact) mass is 180 g/mol. The summed E-state index contributed by atoms with van der Waals surface area (Å²) in [5.41, 5.74) is -0.876. The van der Waals surface area contributed by atoms with Gasteiger partial charge in [-0.25, -0.2) is 4.39 Å². The third-order valence-electron chi connectivity index (χ3n) is 1.62. The first-order valence-electron chi connectivity index (χ1n) is 3.54. The fourth-order valence-corrected chi connectivity index (χ4v) is 1.13. The Morgan fingerprint density at radius 1 is 1.42 bits per heavy atom. The lowest BCUT2D eigenvalue weighted by Crippen LogP contribution is -2.14. The lowest BCUT2D eigenvalue weighted by Gasteiger charge is -2.15. The van der Waals surface area contributed by atoms with Crippen molar-refractivity contribution < 1.29 is 17.6 Å². The van der Waals surface area contributed by atoms with E-state index in [0.29, 0.717) is 6.08 Å². The number of allylic oxidation sites excluding steroid dienone is 4. The van der Waals surface area contributed by atoms with Gasteiger partial charge in [0.05, 0.1) is 5.57 Å². The lowest BCUT2D eigenvalue weighted by atomic mass is 9.97. The molecule has 12 heavy (non-hydrogen) atoms. The highest BCUT2D eigenvalue weighted by molar-refractivity contribution is 5.30. The Balaban J connectivity index is 2.91. The van der Waals surface area contributed by atoms with Crippen LogP contribution in [-0.4, -0.2) is 6.18 Å². The summed E-state index contributed by atoms with van der Waals surface area (Å²) in [4.78, 5) is 0. The van der Waals surface area contributed by atoms with Crippen LogP contribution in [0, 0.1) is 5.92 Å². The summed E-state index contributed by atoms with van der Waals surface area (Å²) >= 11 is 0. The Morgan fingerprint density at radius 2 is 2.00 bits per heavy atom. The van der Waals surface area contributed by atoms with Gasteiger partial charge in [0.1, 0.15) is 5.83 Å². The molecule has 0 amide bonds. The molecule has 68 valence electrons. The van der Waals surface area contributed by atoms with Crippen LogP contribution in [0.4, 0.5) is 17.6 Å². The molecule has 0 aliphatic heterocycles. The molecular weight excluding hydrogens is 172 g/mol. The van der Waals surface area contributed by atoms with Crippen LogP contribution in [0.1, 0.15) is 13.3 Å². The van der Waals surface area contributed by atoms with Gasteiger partial charge >= 0.3 is 6.18 Å². The highest BCUT2D eigenvalue weighted by Crippen LogP contribution is 2.33. The molecule has 0 saturated heterocycles. The Labute approximate surface area is 67.6 Å². The molecule has 1 unspecified atom stereocenters. The minimum atomic E-state index is -4.42. The van der Waals surface area contributed by atoms with E-state index in [9.17, 15) is 17.6 Å². The van der Waals surface area contributed by atoms with Gasteiger partial charge in [-0.2, -0.15) is 13.2 Å². The second-order valence-electron chi connectivity index (χ2n) is 2.89. The molecule has 0 bridgehead atoms. The van der Waals surface area contributed by atoms with E-state index in [1.165, 1.54) is 0 Å². The van der Waals surface area contributed by atoms with Crippen LogP contribution in [0.15, 0.2) is 23.6 Å². The largest absolute Gasteiger partial charge is 0.416 e. The zero-order chi connectivity index (χ0) is 9.35. The number of hydrogen-bond donors (Lipinski definition) is 0. The van der Waals surface area contributed by atoms with Crippen molar-refractivity contribution in [2.24, 2.45) is 5.92 Å². The fourth-order valence-electron chi connectivity index (χ4n) is 1.13. The van der Waals surface area contributed by atoms with E-state index < -0.39 is 17.6 Å². The van der Waals surface area contributed by atoms with Gasteiger partial charge in [-0.1, -0.05) is 13.0 Å². The average Bonchev–Trinajstić information content (AvgIpc) is 1.82. The van der Waals surface area contributed by atoms with Gasteiger partial charge in [0.25, 0.3) is 0 Å². The first-order chi connectivity index (χ1) is 5.39. The van der Waals surface area contributed by atoms with Crippen LogP contribution >= 0.6 is 0 Å². The molecule has 0 fully saturated rings. The van der Waals surface area contributed by atoms with Gasteiger partial charge in [-0.05, 0) is 12.0 Å². The van der Waals surface area contributed by atoms with Crippen LogP contribution in [0.5, 0.6) is 0 Å². The van der Waals surface area contributed by atoms with Crippen molar-refractivity contribution in [2.45, 2.75) is 19.5 Å². The minimum absolute atomic E-state index is 0.0690. The Morgan fingerprint density at radius 3 is 2.42 bits per heavy atom. The Kier molecular flexibility index (Phi) is 2.26. The molecule has 0 aromatic carbocycles. The molecule has 1 aliphatic carbocycles. The first-order valence-corrected chi connectivity index (χ1v) is 3.54. The second-order valence-corrected chi connectivity index (χ2v) is 2.89. The van der Waals surface area contributed by atoms with Crippen LogP contribution in [0.3, 0.4) is 0 Å². The third kappa shape index (κ3) is 2.09. The van der Waals surface area contributed by atoms with Crippen molar-refractivity contribution in [3.8, 4) is 0 Å². The van der Waals surface area contributed by atoms with E-state index in [-0.39, 0.29) is 12.3 Å². The fraction of sp³-hybridized carbons (Fsp3) is 0.500. The summed E-state index contributed by atoms with van der Waals surface area (Å²) in [6.07, 6.45) is -2.76. The number of alkyl halides is 3. The van der Waals surface area contributed by atoms with Crippen molar-refractivity contribution in [1.29, 1.82) is 0 Å². The molecule has 0 saturated carbocycles. The van der Waals surface area contributed by atoms with Crippen LogP contribution in [0.2, 0.25) is 0 Å². The van der Waals surface area contributed by atoms with Crippen molar-refractivity contribution in [3.05, 3.63) is 23.6 Å². The van der Waals surface area contributed by atoms with Gasteiger partial charge in [0.2, 0.25) is 0 Å². The minimum Gasteiger partial charge on any atom is -0.212 e. The van der Waals surface area contributed by atoms with Crippen molar-refractivity contribution in [1.82, 2.24) is 0 Å². The predicted molar refractivity (Wildman–Crippen MR) is 37.1 cm³/mol. The maximum Gasteiger partial charge on any atom is 0.416 e. The van der Waals surface area contributed by atoms with E-state index in [1.54, 1.807) is 6.92 Å². The third-order valence-corrected chi connectivity index (χ3v) is 1.62. The molecule has 0 nitrogen and oxygen atoms in total. The molecule has 0 spiro atoms. The van der Waals surface area contributed by atoms with E-state index in [4.69, 9.17) is 0 Å². The topological polar surface area (TPSA) is 0 Å². The molecule has 1 rings (SSSR count). The van der Waals surface area contributed by atoms with Gasteiger partial charge in [0.15, 0.2) is 0 Å². The second kappa shape index (κ2) is 2.92. The van der Waals surface area contributed by atoms with Crippen molar-refractivity contribution in [3.63, 3.8) is 0 Å². The van der Waals surface area contributed by atoms with E-state index in [2.05, 4.69) is 0 Å². The number of hydrogen-bond acceptors (Lipinski definition) is 0. The van der Waals surface area contributed by atoms with Crippen molar-refractivity contribution in [2.75, 3.05) is 0 Å². The highest BCUT2D eigenvalue weighted by atomic mass is 19.4. The van der Waals surface area contributed by atoms with Gasteiger partial charge in [-0.15, -0.1) is 0 Å². The normalized spacial score (nSPS) is 24.9. The van der Waals surface area contributed by atoms with E-state index >= 15 is 0 Å². The van der Waals surface area contributed by atoms with Gasteiger partial charge in [0, 0.05) is 6.42 Å². The molecule has 0 N–H and O–H groups in total. The maximum absolute atomic E-state index is 12.5. The zero-order valence-electron chi connectivity index (χ0n) is 6.45. The summed E-state index contributed by atoms with van der Waals surface area (Å²) in [6.45, 7) is 1.55. The molecule has 0 aromatic heterocycles. The van der Waals surface area contributed by atoms with Crippen LogP contribution < -0.4 is 0 Å². The average molecular weight is 180 g/mol. The van der Waals surface area contributed by atoms with Crippen LogP contribution in [-0.2, 0) is 0 Å². The van der Waals surface area contributed by atoms with E-state index in [1.807, 2.05) is 0 Å². The lowest BCUT2D eigenvalue weighted by molar-refractivity contribution is -0.0891. The van der Waals surface area contributed by atoms with Gasteiger partial charge < -0.3 is 0 Å². The maximum atomic E-state index is 12.5. The molecule has 1 aliphatic rings. The highest BCUT2D eigenvalue weighted by Gasteiger charge is 2.34. The quantitative estimate of drug-likeness (QED) is 0.501. The Hall–Kier alpha value is -0.800. The molecule has 1 atom stereocenters. The summed E-state index contributed by atoms with van der Waals surface area (Å²) in [5.74, 6) is -1.07. The molecule has 0 aromatic rings. The first kappa shape index (κ1) is 9.29. The summed E-state index contributed by atoms with van der Waals surface area (Å²) in [7, 11) is 0. The summed E-state index contributed by atoms with van der Waals surface area (Å²) in [6, 6.07) is 0. The Bertz CT molecular complexity index is 234. The number of halogens is 4. The molecular formula is C8H8F4. The van der Waals surface area contributed by atoms with Gasteiger partial charge in [-0.3, -0.25) is 0 Å². The van der Waals surface area contributed by atoms with Crippen LogP contribution in [0.25, 0.3) is 0 Å². The molecule has 0 heterocycles. The van der Waals surface area contributed by atoms with Crippen molar-refractivity contribution >= 4 is 0 Å². The zero-order valence-corrected chi connectivity index (χ0v) is 6.45. The molecule has 4 heteroatoms. The summed E-state index contributed by atoms with van der Waals surface area (Å²) in [5, 5.41) is 0. The standard InChI is InChI=1S/C8H8F4/c1-5-2-6(8(10,11)12)4-7(9)3-5/h2,4-5H,3H2,1H3. The molecule has 0 radical (unpaired) electrons. The summed E-state index contributed by atoms with van der Waals surface area (Å²) < 4.78 is 48.6. The smallest absolute Gasteiger partial charge is 0.212 e.